The predicted octanol–water partition coefficient (Wildman–Crippen LogP) is 3.50. The zero-order chi connectivity index (χ0) is 19.6. The van der Waals surface area contributed by atoms with Crippen LogP contribution in [0, 0.1) is 0 Å². The van der Waals surface area contributed by atoms with Crippen molar-refractivity contribution in [3.8, 4) is 0 Å². The normalized spacial score (nSPS) is 13.1. The summed E-state index contributed by atoms with van der Waals surface area (Å²) in [7, 11) is 1.61. The Labute approximate surface area is 158 Å². The number of carbonyl (C=O) groups is 3. The minimum absolute atomic E-state index is 0.103. The highest BCUT2D eigenvalue weighted by molar-refractivity contribution is 6.36. The molecule has 5 heteroatoms. The largest absolute Gasteiger partial charge is 0.372 e. The van der Waals surface area contributed by atoms with Crippen LogP contribution in [0.2, 0.25) is 0 Å². The van der Waals surface area contributed by atoms with E-state index >= 15 is 0 Å². The average Bonchev–Trinajstić information content (AvgIpc) is 2.71. The monoisotopic (exact) mass is 362 g/mol. The lowest BCUT2D eigenvalue weighted by Gasteiger charge is -2.24. The molecular formula is C22H22N2O3. The van der Waals surface area contributed by atoms with E-state index in [4.69, 9.17) is 0 Å². The lowest BCUT2D eigenvalue weighted by Crippen LogP contribution is -2.33. The van der Waals surface area contributed by atoms with Crippen molar-refractivity contribution in [2.24, 2.45) is 0 Å². The Morgan fingerprint density at radius 2 is 1.41 bits per heavy atom. The van der Waals surface area contributed by atoms with Crippen LogP contribution < -0.4 is 9.80 Å². The summed E-state index contributed by atoms with van der Waals surface area (Å²) < 4.78 is 0. The number of rotatable bonds is 5. The molecule has 5 nitrogen and oxygen atoms in total. The van der Waals surface area contributed by atoms with Gasteiger partial charge in [0.1, 0.15) is 0 Å². The van der Waals surface area contributed by atoms with Crippen LogP contribution in [0.5, 0.6) is 0 Å². The number of benzene rings is 2. The molecule has 1 aliphatic rings. The number of allylic oxidation sites excluding steroid dienone is 1. The minimum atomic E-state index is -0.488. The van der Waals surface area contributed by atoms with Crippen LogP contribution in [0.15, 0.2) is 60.2 Å². The second-order valence-electron chi connectivity index (χ2n) is 6.35. The molecule has 0 unspecified atom stereocenters. The number of Topliss-reactive ketones (excluding diaryl/α,β-unsaturated/α-hetero) is 1. The number of likely N-dealkylation sites (N-methyl/N-ethyl adjacent to an activating group) is 1. The highest BCUT2D eigenvalue weighted by atomic mass is 16.2. The summed E-state index contributed by atoms with van der Waals surface area (Å²) >= 11 is 0. The van der Waals surface area contributed by atoms with Gasteiger partial charge >= 0.3 is 0 Å². The molecule has 0 saturated carbocycles. The van der Waals surface area contributed by atoms with Crippen molar-refractivity contribution in [1.29, 1.82) is 0 Å². The summed E-state index contributed by atoms with van der Waals surface area (Å²) in [6, 6.07) is 14.1. The van der Waals surface area contributed by atoms with Crippen molar-refractivity contribution in [1.82, 2.24) is 0 Å². The third-order valence-corrected chi connectivity index (χ3v) is 4.86. The predicted molar refractivity (Wildman–Crippen MR) is 107 cm³/mol. The van der Waals surface area contributed by atoms with Crippen LogP contribution in [0.1, 0.15) is 34.6 Å². The van der Waals surface area contributed by atoms with Gasteiger partial charge in [-0.25, -0.2) is 0 Å². The van der Waals surface area contributed by atoms with Gasteiger partial charge in [0.25, 0.3) is 5.91 Å². The van der Waals surface area contributed by atoms with Crippen LogP contribution in [0.4, 0.5) is 11.4 Å². The first kappa shape index (κ1) is 18.6. The summed E-state index contributed by atoms with van der Waals surface area (Å²) in [5.74, 6) is -1.22. The second kappa shape index (κ2) is 7.58. The Hall–Kier alpha value is -3.21. The van der Waals surface area contributed by atoms with Gasteiger partial charge in [-0.3, -0.25) is 14.4 Å². The molecule has 0 aliphatic heterocycles. The summed E-state index contributed by atoms with van der Waals surface area (Å²) in [6.45, 7) is 5.97. The van der Waals surface area contributed by atoms with E-state index in [0.29, 0.717) is 11.3 Å². The molecule has 0 heterocycles. The van der Waals surface area contributed by atoms with Crippen molar-refractivity contribution in [3.05, 3.63) is 71.3 Å². The first-order chi connectivity index (χ1) is 13.0. The van der Waals surface area contributed by atoms with Gasteiger partial charge in [0.15, 0.2) is 11.6 Å². The van der Waals surface area contributed by atoms with Gasteiger partial charge in [-0.05, 0) is 38.1 Å². The van der Waals surface area contributed by atoms with E-state index in [2.05, 4.69) is 18.7 Å². The zero-order valence-corrected chi connectivity index (χ0v) is 15.7. The van der Waals surface area contributed by atoms with Crippen LogP contribution >= 0.6 is 0 Å². The molecule has 2 aromatic rings. The molecule has 27 heavy (non-hydrogen) atoms. The maximum atomic E-state index is 12.9. The van der Waals surface area contributed by atoms with Gasteiger partial charge in [-0.1, -0.05) is 24.3 Å². The van der Waals surface area contributed by atoms with Crippen molar-refractivity contribution in [3.63, 3.8) is 0 Å². The Balaban J connectivity index is 1.86. The molecular weight excluding hydrogens is 340 g/mol. The summed E-state index contributed by atoms with van der Waals surface area (Å²) in [5, 5.41) is 0. The standard InChI is InChI=1S/C22H22N2O3/c1-4-24(5-2)16-12-10-15(11-13-16)23(3)22(27)19-14-20(25)17-8-6-7-9-18(17)21(19)26/h6-14H,4-5H2,1-3H3. The molecule has 0 N–H and O–H groups in total. The van der Waals surface area contributed by atoms with E-state index in [1.165, 1.54) is 4.90 Å². The Morgan fingerprint density at radius 1 is 0.852 bits per heavy atom. The number of fused-ring (bicyclic) bond motifs is 1. The topological polar surface area (TPSA) is 57.7 Å². The highest BCUT2D eigenvalue weighted by Gasteiger charge is 2.31. The molecule has 1 amide bonds. The van der Waals surface area contributed by atoms with Crippen LogP contribution in [0.3, 0.4) is 0 Å². The smallest absolute Gasteiger partial charge is 0.262 e. The summed E-state index contributed by atoms with van der Waals surface area (Å²) in [6.07, 6.45) is 1.15. The van der Waals surface area contributed by atoms with Gasteiger partial charge in [0, 0.05) is 48.7 Å². The molecule has 0 radical (unpaired) electrons. The highest BCUT2D eigenvalue weighted by Crippen LogP contribution is 2.25. The molecule has 0 atom stereocenters. The van der Waals surface area contributed by atoms with Gasteiger partial charge in [0.05, 0.1) is 5.57 Å². The fourth-order valence-electron chi connectivity index (χ4n) is 3.25. The van der Waals surface area contributed by atoms with Crippen LogP contribution in [-0.4, -0.2) is 37.6 Å². The van der Waals surface area contributed by atoms with Gasteiger partial charge in [-0.2, -0.15) is 0 Å². The molecule has 0 bridgehead atoms. The average molecular weight is 362 g/mol. The summed E-state index contributed by atoms with van der Waals surface area (Å²) in [5.41, 5.74) is 2.25. The van der Waals surface area contributed by atoms with E-state index in [0.717, 1.165) is 24.9 Å². The van der Waals surface area contributed by atoms with Gasteiger partial charge in [0.2, 0.25) is 0 Å². The van der Waals surface area contributed by atoms with E-state index in [1.807, 2.05) is 24.3 Å². The molecule has 2 aromatic carbocycles. The first-order valence-electron chi connectivity index (χ1n) is 9.00. The van der Waals surface area contributed by atoms with E-state index in [1.54, 1.807) is 31.3 Å². The molecule has 0 saturated heterocycles. The summed E-state index contributed by atoms with van der Waals surface area (Å²) in [4.78, 5) is 41.4. The number of hydrogen-bond acceptors (Lipinski definition) is 4. The fraction of sp³-hybridized carbons (Fsp3) is 0.227. The van der Waals surface area contributed by atoms with Gasteiger partial charge < -0.3 is 9.80 Å². The number of carbonyl (C=O) groups excluding carboxylic acids is 3. The van der Waals surface area contributed by atoms with Crippen molar-refractivity contribution < 1.29 is 14.4 Å². The van der Waals surface area contributed by atoms with E-state index < -0.39 is 11.7 Å². The SMILES string of the molecule is CCN(CC)c1ccc(N(C)C(=O)C2=CC(=O)c3ccccc3C2=O)cc1. The molecule has 138 valence electrons. The molecule has 0 fully saturated rings. The molecule has 0 spiro atoms. The van der Waals surface area contributed by atoms with Crippen molar-refractivity contribution in [2.45, 2.75) is 13.8 Å². The lowest BCUT2D eigenvalue weighted by molar-refractivity contribution is -0.114. The van der Waals surface area contributed by atoms with E-state index in [9.17, 15) is 14.4 Å². The Kier molecular flexibility index (Phi) is 5.21. The number of amides is 1. The van der Waals surface area contributed by atoms with Crippen molar-refractivity contribution >= 4 is 28.8 Å². The second-order valence-corrected chi connectivity index (χ2v) is 6.35. The quantitative estimate of drug-likeness (QED) is 0.764. The minimum Gasteiger partial charge on any atom is -0.372 e. The van der Waals surface area contributed by atoms with Crippen molar-refractivity contribution in [2.75, 3.05) is 29.9 Å². The number of hydrogen-bond donors (Lipinski definition) is 0. The molecule has 1 aliphatic carbocycles. The molecule has 3 rings (SSSR count). The van der Waals surface area contributed by atoms with Gasteiger partial charge in [-0.15, -0.1) is 0 Å². The fourth-order valence-corrected chi connectivity index (χ4v) is 3.25. The maximum Gasteiger partial charge on any atom is 0.262 e. The molecule has 0 aromatic heterocycles. The first-order valence-corrected chi connectivity index (χ1v) is 9.00. The van der Waals surface area contributed by atoms with E-state index in [-0.39, 0.29) is 16.9 Å². The zero-order valence-electron chi connectivity index (χ0n) is 15.7. The third-order valence-electron chi connectivity index (χ3n) is 4.86. The number of anilines is 2. The number of nitrogens with zero attached hydrogens (tertiary/aromatic N) is 2. The van der Waals surface area contributed by atoms with Crippen LogP contribution in [0.25, 0.3) is 0 Å². The Morgan fingerprint density at radius 3 is 2.00 bits per heavy atom. The van der Waals surface area contributed by atoms with Crippen LogP contribution in [-0.2, 0) is 4.79 Å². The number of ketones is 2. The Bertz CT molecular complexity index is 925. The third kappa shape index (κ3) is 3.40. The maximum absolute atomic E-state index is 12.9. The lowest BCUT2D eigenvalue weighted by atomic mass is 9.89.